The molecule has 0 fully saturated rings. The normalized spacial score (nSPS) is 11.1. The highest BCUT2D eigenvalue weighted by atomic mass is 35.5. The highest BCUT2D eigenvalue weighted by Gasteiger charge is 2.18. The Hall–Kier alpha value is -2.55. The number of aryl methyl sites for hydroxylation is 2. The van der Waals surface area contributed by atoms with Gasteiger partial charge >= 0.3 is 0 Å². The van der Waals surface area contributed by atoms with Crippen molar-refractivity contribution in [3.8, 4) is 10.6 Å². The van der Waals surface area contributed by atoms with Crippen molar-refractivity contribution in [2.45, 2.75) is 20.3 Å². The van der Waals surface area contributed by atoms with Gasteiger partial charge in [-0.1, -0.05) is 30.7 Å². The lowest BCUT2D eigenvalue weighted by Crippen LogP contribution is -2.32. The maximum atomic E-state index is 12.7. The van der Waals surface area contributed by atoms with Gasteiger partial charge in [0, 0.05) is 15.5 Å². The van der Waals surface area contributed by atoms with Gasteiger partial charge in [-0.05, 0) is 31.5 Å². The third kappa shape index (κ3) is 3.46. The van der Waals surface area contributed by atoms with Crippen LogP contribution in [0.25, 0.3) is 20.8 Å². The van der Waals surface area contributed by atoms with E-state index in [-0.39, 0.29) is 5.56 Å². The summed E-state index contributed by atoms with van der Waals surface area (Å²) < 4.78 is 1.12. The van der Waals surface area contributed by atoms with Gasteiger partial charge in [0.25, 0.3) is 11.5 Å². The van der Waals surface area contributed by atoms with Gasteiger partial charge in [-0.3, -0.25) is 15.0 Å². The molecule has 0 aliphatic heterocycles. The number of hydrogen-bond donors (Lipinski definition) is 1. The highest BCUT2D eigenvalue weighted by molar-refractivity contribution is 7.18. The molecule has 0 atom stereocenters. The number of amides is 1. The number of benzene rings is 1. The van der Waals surface area contributed by atoms with Crippen LogP contribution in [0.1, 0.15) is 27.2 Å². The van der Waals surface area contributed by atoms with Crippen LogP contribution in [0, 0.1) is 6.92 Å². The van der Waals surface area contributed by atoms with Crippen molar-refractivity contribution in [1.29, 1.82) is 0 Å². The smallest absolute Gasteiger partial charge is 0.267 e. The monoisotopic (exact) mass is 430 g/mol. The van der Waals surface area contributed by atoms with Gasteiger partial charge in [-0.2, -0.15) is 0 Å². The van der Waals surface area contributed by atoms with Gasteiger partial charge < -0.3 is 0 Å². The Balaban J connectivity index is 1.65. The number of nitrogens with zero attached hydrogens (tertiary/aromatic N) is 3. The Morgan fingerprint density at radius 1 is 1.29 bits per heavy atom. The maximum Gasteiger partial charge on any atom is 0.282 e. The number of carbonyl (C=O) groups excluding carboxylic acids is 1. The van der Waals surface area contributed by atoms with Crippen LogP contribution in [-0.4, -0.2) is 20.6 Å². The van der Waals surface area contributed by atoms with E-state index < -0.39 is 5.91 Å². The van der Waals surface area contributed by atoms with Crippen LogP contribution in [0.5, 0.6) is 0 Å². The zero-order chi connectivity index (χ0) is 19.8. The SMILES string of the molecule is CCc1cc2c(=O)n(NC(=O)c3sc(-c4cccc(Cl)c4)nc3C)cnc2s1. The number of carbonyl (C=O) groups is 1. The number of hydrogen-bond acceptors (Lipinski definition) is 6. The van der Waals surface area contributed by atoms with Gasteiger partial charge in [0.15, 0.2) is 0 Å². The molecule has 142 valence electrons. The number of rotatable bonds is 4. The van der Waals surface area contributed by atoms with Gasteiger partial charge in [-0.15, -0.1) is 22.7 Å². The molecule has 0 saturated carbocycles. The molecule has 0 radical (unpaired) electrons. The third-order valence-corrected chi connectivity index (χ3v) is 6.78. The molecule has 0 aliphatic carbocycles. The summed E-state index contributed by atoms with van der Waals surface area (Å²) in [7, 11) is 0. The summed E-state index contributed by atoms with van der Waals surface area (Å²) in [6, 6.07) is 9.12. The van der Waals surface area contributed by atoms with Crippen LogP contribution in [-0.2, 0) is 6.42 Å². The number of thiophene rings is 1. The summed E-state index contributed by atoms with van der Waals surface area (Å²) in [5.41, 5.74) is 3.74. The van der Waals surface area contributed by atoms with Gasteiger partial charge in [0.05, 0.1) is 11.1 Å². The van der Waals surface area contributed by atoms with E-state index in [1.165, 1.54) is 29.0 Å². The highest BCUT2D eigenvalue weighted by Crippen LogP contribution is 2.29. The van der Waals surface area contributed by atoms with Crippen molar-refractivity contribution < 1.29 is 4.79 Å². The van der Waals surface area contributed by atoms with Crippen LogP contribution >= 0.6 is 34.3 Å². The Morgan fingerprint density at radius 3 is 2.86 bits per heavy atom. The number of halogens is 1. The van der Waals surface area contributed by atoms with E-state index in [9.17, 15) is 9.59 Å². The minimum absolute atomic E-state index is 0.300. The van der Waals surface area contributed by atoms with E-state index in [0.29, 0.717) is 30.8 Å². The molecule has 4 aromatic rings. The number of nitrogens with one attached hydrogen (secondary N) is 1. The van der Waals surface area contributed by atoms with Crippen molar-refractivity contribution in [3.63, 3.8) is 0 Å². The standard InChI is InChI=1S/C19H15ClN4O2S2/c1-3-13-8-14-18(27-13)21-9-24(19(14)26)23-16(25)15-10(2)22-17(28-15)11-5-4-6-12(20)7-11/h4-9H,3H2,1-2H3,(H,23,25). The van der Waals surface area contributed by atoms with Gasteiger partial charge in [0.2, 0.25) is 0 Å². The number of thiazole rings is 1. The fraction of sp³-hybridized carbons (Fsp3) is 0.158. The van der Waals surface area contributed by atoms with E-state index in [4.69, 9.17) is 11.6 Å². The second-order valence-corrected chi connectivity index (χ2v) is 8.64. The minimum Gasteiger partial charge on any atom is -0.267 e. The molecule has 1 aromatic carbocycles. The first kappa shape index (κ1) is 18.8. The first-order chi connectivity index (χ1) is 13.5. The van der Waals surface area contributed by atoms with Crippen molar-refractivity contribution >= 4 is 50.4 Å². The molecule has 1 N–H and O–H groups in total. The molecule has 0 spiro atoms. The molecule has 0 bridgehead atoms. The lowest BCUT2D eigenvalue weighted by atomic mass is 10.2. The van der Waals surface area contributed by atoms with Crippen molar-refractivity contribution in [3.05, 3.63) is 67.5 Å². The van der Waals surface area contributed by atoms with E-state index in [2.05, 4.69) is 15.4 Å². The number of fused-ring (bicyclic) bond motifs is 1. The second kappa shape index (κ2) is 7.46. The summed E-state index contributed by atoms with van der Waals surface area (Å²) in [4.78, 5) is 36.3. The second-order valence-electron chi connectivity index (χ2n) is 6.09. The molecule has 3 aromatic heterocycles. The fourth-order valence-electron chi connectivity index (χ4n) is 2.74. The molecule has 4 rings (SSSR count). The van der Waals surface area contributed by atoms with Crippen LogP contribution in [0.15, 0.2) is 41.5 Å². The average Bonchev–Trinajstić information content (AvgIpc) is 3.28. The largest absolute Gasteiger partial charge is 0.282 e. The van der Waals surface area contributed by atoms with E-state index in [1.807, 2.05) is 25.1 Å². The van der Waals surface area contributed by atoms with Crippen molar-refractivity contribution in [1.82, 2.24) is 14.6 Å². The van der Waals surface area contributed by atoms with Crippen LogP contribution in [0.4, 0.5) is 0 Å². The van der Waals surface area contributed by atoms with Crippen molar-refractivity contribution in [2.24, 2.45) is 0 Å². The zero-order valence-electron chi connectivity index (χ0n) is 15.0. The van der Waals surface area contributed by atoms with Crippen LogP contribution in [0.3, 0.4) is 0 Å². The van der Waals surface area contributed by atoms with Crippen molar-refractivity contribution in [2.75, 3.05) is 5.43 Å². The Morgan fingerprint density at radius 2 is 2.11 bits per heavy atom. The summed E-state index contributed by atoms with van der Waals surface area (Å²) >= 11 is 8.78. The first-order valence-corrected chi connectivity index (χ1v) is 10.5. The summed E-state index contributed by atoms with van der Waals surface area (Å²) in [5.74, 6) is -0.405. The quantitative estimate of drug-likeness (QED) is 0.517. The third-order valence-electron chi connectivity index (χ3n) is 4.15. The molecule has 9 heteroatoms. The van der Waals surface area contributed by atoms with Gasteiger partial charge in [0.1, 0.15) is 21.0 Å². The van der Waals surface area contributed by atoms with Crippen LogP contribution in [0.2, 0.25) is 5.02 Å². The summed E-state index contributed by atoms with van der Waals surface area (Å²) in [6.45, 7) is 3.78. The fourth-order valence-corrected chi connectivity index (χ4v) is 4.81. The van der Waals surface area contributed by atoms with E-state index >= 15 is 0 Å². The Labute approximate surface area is 173 Å². The summed E-state index contributed by atoms with van der Waals surface area (Å²) in [6.07, 6.45) is 2.17. The Kier molecular flexibility index (Phi) is 5.01. The molecule has 3 heterocycles. The lowest BCUT2D eigenvalue weighted by Gasteiger charge is -2.06. The maximum absolute atomic E-state index is 12.7. The molecule has 0 unspecified atom stereocenters. The zero-order valence-corrected chi connectivity index (χ0v) is 17.4. The average molecular weight is 431 g/mol. The molecule has 0 aliphatic rings. The Bertz CT molecular complexity index is 1260. The topological polar surface area (TPSA) is 76.9 Å². The van der Waals surface area contributed by atoms with E-state index in [1.54, 1.807) is 19.1 Å². The summed E-state index contributed by atoms with van der Waals surface area (Å²) in [5, 5.41) is 1.80. The molecular formula is C19H15ClN4O2S2. The minimum atomic E-state index is -0.405. The predicted molar refractivity (Wildman–Crippen MR) is 114 cm³/mol. The molecule has 6 nitrogen and oxygen atoms in total. The molecule has 1 amide bonds. The predicted octanol–water partition coefficient (Wildman–Crippen LogP) is 4.49. The van der Waals surface area contributed by atoms with Crippen LogP contribution < -0.4 is 11.0 Å². The first-order valence-electron chi connectivity index (χ1n) is 8.51. The van der Waals surface area contributed by atoms with Gasteiger partial charge in [-0.25, -0.2) is 14.6 Å². The lowest BCUT2D eigenvalue weighted by molar-refractivity contribution is 0.101. The number of aromatic nitrogens is 3. The van der Waals surface area contributed by atoms with E-state index in [0.717, 1.165) is 21.5 Å². The molecule has 0 saturated heterocycles. The molecular weight excluding hydrogens is 416 g/mol. The molecule has 28 heavy (non-hydrogen) atoms.